The van der Waals surface area contributed by atoms with Crippen LogP contribution in [-0.2, 0) is 16.0 Å². The summed E-state index contributed by atoms with van der Waals surface area (Å²) in [6.45, 7) is 0. The van der Waals surface area contributed by atoms with Crippen LogP contribution in [0, 0.1) is 23.5 Å². The third-order valence-corrected chi connectivity index (χ3v) is 4.51. The van der Waals surface area contributed by atoms with Crippen molar-refractivity contribution in [2.75, 3.05) is 0 Å². The Morgan fingerprint density at radius 2 is 2.09 bits per heavy atom. The zero-order valence-corrected chi connectivity index (χ0v) is 11.9. The van der Waals surface area contributed by atoms with Gasteiger partial charge < -0.3 is 10.4 Å². The van der Waals surface area contributed by atoms with Gasteiger partial charge in [0.15, 0.2) is 0 Å². The maximum absolute atomic E-state index is 13.7. The van der Waals surface area contributed by atoms with Gasteiger partial charge in [-0.3, -0.25) is 14.9 Å². The highest BCUT2D eigenvalue weighted by atomic mass is 19.1. The molecular weight excluding hydrogens is 310 g/mol. The largest absolute Gasteiger partial charge is 0.481 e. The van der Waals surface area contributed by atoms with Crippen LogP contribution in [0.25, 0.3) is 0 Å². The van der Waals surface area contributed by atoms with Crippen molar-refractivity contribution in [1.82, 2.24) is 10.6 Å². The molecule has 1 heterocycles. The van der Waals surface area contributed by atoms with E-state index in [0.29, 0.717) is 0 Å². The molecule has 2 fully saturated rings. The van der Waals surface area contributed by atoms with E-state index >= 15 is 0 Å². The minimum Gasteiger partial charge on any atom is -0.481 e. The van der Waals surface area contributed by atoms with E-state index < -0.39 is 46.9 Å². The van der Waals surface area contributed by atoms with E-state index in [0.717, 1.165) is 12.1 Å². The molecule has 6 nitrogen and oxygen atoms in total. The molecule has 3 amide bonds. The molecule has 1 aromatic carbocycles. The van der Waals surface area contributed by atoms with E-state index in [1.807, 2.05) is 0 Å². The van der Waals surface area contributed by atoms with Gasteiger partial charge in [0.05, 0.1) is 5.92 Å². The molecule has 3 atom stereocenters. The summed E-state index contributed by atoms with van der Waals surface area (Å²) in [5.41, 5.74) is -1.16. The lowest BCUT2D eigenvalue weighted by atomic mass is 9.85. The van der Waals surface area contributed by atoms with Crippen LogP contribution in [0.3, 0.4) is 0 Å². The van der Waals surface area contributed by atoms with Crippen LogP contribution < -0.4 is 10.6 Å². The zero-order chi connectivity index (χ0) is 16.8. The third-order valence-electron chi connectivity index (χ3n) is 4.51. The quantitative estimate of drug-likeness (QED) is 0.709. The summed E-state index contributed by atoms with van der Waals surface area (Å²) < 4.78 is 26.7. The van der Waals surface area contributed by atoms with Crippen molar-refractivity contribution in [1.29, 1.82) is 0 Å². The number of aliphatic carboxylic acids is 1. The number of nitrogens with one attached hydrogen (secondary N) is 2. The van der Waals surface area contributed by atoms with Crippen LogP contribution in [0.1, 0.15) is 18.4 Å². The van der Waals surface area contributed by atoms with Gasteiger partial charge in [-0.05, 0) is 30.9 Å². The molecule has 1 saturated heterocycles. The summed E-state index contributed by atoms with van der Waals surface area (Å²) in [5.74, 6) is -4.32. The third kappa shape index (κ3) is 2.64. The van der Waals surface area contributed by atoms with Crippen LogP contribution in [0.4, 0.5) is 13.6 Å². The van der Waals surface area contributed by atoms with Crippen LogP contribution in [0.15, 0.2) is 18.2 Å². The Balaban J connectivity index is 1.82. The first kappa shape index (κ1) is 15.4. The van der Waals surface area contributed by atoms with Crippen LogP contribution >= 0.6 is 0 Å². The average Bonchev–Trinajstić information content (AvgIpc) is 3.20. The summed E-state index contributed by atoms with van der Waals surface area (Å²) in [7, 11) is 0. The fraction of sp³-hybridized carbons (Fsp3) is 0.400. The molecule has 2 aliphatic rings. The van der Waals surface area contributed by atoms with Crippen molar-refractivity contribution in [3.8, 4) is 0 Å². The van der Waals surface area contributed by atoms with Crippen molar-refractivity contribution < 1.29 is 28.3 Å². The Kier molecular flexibility index (Phi) is 3.54. The summed E-state index contributed by atoms with van der Waals surface area (Å²) in [6.07, 6.45) is 0.388. The Hall–Kier alpha value is -2.51. The first-order valence-corrected chi connectivity index (χ1v) is 7.14. The number of amides is 3. The van der Waals surface area contributed by atoms with E-state index in [2.05, 4.69) is 10.6 Å². The molecule has 122 valence electrons. The van der Waals surface area contributed by atoms with E-state index in [1.54, 1.807) is 0 Å². The molecular formula is C15H14F2N2O4. The Bertz CT molecular complexity index is 709. The normalized spacial score (nSPS) is 29.1. The summed E-state index contributed by atoms with van der Waals surface area (Å²) >= 11 is 0. The fourth-order valence-corrected chi connectivity index (χ4v) is 3.20. The molecule has 0 spiro atoms. The smallest absolute Gasteiger partial charge is 0.322 e. The number of hydrogen-bond donors (Lipinski definition) is 3. The predicted molar refractivity (Wildman–Crippen MR) is 73.3 cm³/mol. The van der Waals surface area contributed by atoms with Crippen LogP contribution in [0.2, 0.25) is 0 Å². The van der Waals surface area contributed by atoms with E-state index in [1.165, 1.54) is 6.07 Å². The van der Waals surface area contributed by atoms with Crippen LogP contribution in [0.5, 0.6) is 0 Å². The number of urea groups is 1. The number of aryl methyl sites for hydroxylation is 1. The highest BCUT2D eigenvalue weighted by Gasteiger charge is 2.62. The number of imide groups is 1. The monoisotopic (exact) mass is 324 g/mol. The van der Waals surface area contributed by atoms with Crippen molar-refractivity contribution in [2.45, 2.75) is 24.8 Å². The van der Waals surface area contributed by atoms with Gasteiger partial charge in [0.25, 0.3) is 5.91 Å². The number of carbonyl (C=O) groups is 3. The minimum atomic E-state index is -1.36. The van der Waals surface area contributed by atoms with Gasteiger partial charge in [0.1, 0.15) is 17.2 Å². The number of benzene rings is 1. The first-order valence-electron chi connectivity index (χ1n) is 7.14. The van der Waals surface area contributed by atoms with Gasteiger partial charge in [-0.15, -0.1) is 0 Å². The molecule has 1 saturated carbocycles. The topological polar surface area (TPSA) is 95.5 Å². The minimum absolute atomic E-state index is 0.0432. The lowest BCUT2D eigenvalue weighted by molar-refractivity contribution is -0.139. The average molecular weight is 324 g/mol. The lowest BCUT2D eigenvalue weighted by Gasteiger charge is -2.26. The second-order valence-electron chi connectivity index (χ2n) is 5.90. The number of rotatable bonds is 5. The second kappa shape index (κ2) is 5.29. The maximum atomic E-state index is 13.7. The Morgan fingerprint density at radius 1 is 1.35 bits per heavy atom. The SMILES string of the molecule is O=C1NC(=O)C(CCc2ccc(F)cc2F)([C@H]2C[C@@H]2C(=O)O)N1. The van der Waals surface area contributed by atoms with E-state index in [4.69, 9.17) is 5.11 Å². The van der Waals surface area contributed by atoms with Gasteiger partial charge in [-0.25, -0.2) is 13.6 Å². The molecule has 1 aliphatic carbocycles. The van der Waals surface area contributed by atoms with Gasteiger partial charge in [-0.1, -0.05) is 6.07 Å². The molecule has 23 heavy (non-hydrogen) atoms. The lowest BCUT2D eigenvalue weighted by Crippen LogP contribution is -2.50. The van der Waals surface area contributed by atoms with Gasteiger partial charge in [0, 0.05) is 12.0 Å². The number of carboxylic acids is 1. The number of hydrogen-bond acceptors (Lipinski definition) is 3. The molecule has 3 rings (SSSR count). The van der Waals surface area contributed by atoms with Gasteiger partial charge in [-0.2, -0.15) is 0 Å². The van der Waals surface area contributed by atoms with E-state index in [9.17, 15) is 23.2 Å². The summed E-state index contributed by atoms with van der Waals surface area (Å²) in [6, 6.07) is 2.43. The number of carboxylic acid groups (broad SMARTS) is 1. The molecule has 0 radical (unpaired) electrons. The molecule has 0 aromatic heterocycles. The Morgan fingerprint density at radius 3 is 2.61 bits per heavy atom. The molecule has 0 bridgehead atoms. The predicted octanol–water partition coefficient (Wildman–Crippen LogP) is 1.20. The van der Waals surface area contributed by atoms with Crippen LogP contribution in [-0.4, -0.2) is 28.6 Å². The standard InChI is InChI=1S/C15H14F2N2O4/c16-8-2-1-7(11(17)5-8)3-4-15(10-6-9(10)12(20)21)13(22)18-14(23)19-15/h1-2,5,9-10H,3-4,6H2,(H,20,21)(H2,18,19,22,23)/t9-,10-,15?/m0/s1. The number of carbonyl (C=O) groups excluding carboxylic acids is 2. The maximum Gasteiger partial charge on any atom is 0.322 e. The van der Waals surface area contributed by atoms with Crippen molar-refractivity contribution in [3.63, 3.8) is 0 Å². The van der Waals surface area contributed by atoms with Crippen molar-refractivity contribution >= 4 is 17.9 Å². The van der Waals surface area contributed by atoms with Gasteiger partial charge >= 0.3 is 12.0 Å². The van der Waals surface area contributed by atoms with E-state index in [-0.39, 0.29) is 24.8 Å². The first-order chi connectivity index (χ1) is 10.8. The summed E-state index contributed by atoms with van der Waals surface area (Å²) in [4.78, 5) is 34.7. The van der Waals surface area contributed by atoms with Crippen molar-refractivity contribution in [2.24, 2.45) is 11.8 Å². The fourth-order valence-electron chi connectivity index (χ4n) is 3.20. The summed E-state index contributed by atoms with van der Waals surface area (Å²) in [5, 5.41) is 13.7. The molecule has 1 unspecified atom stereocenters. The molecule has 1 aromatic rings. The number of halogens is 2. The highest BCUT2D eigenvalue weighted by molar-refractivity contribution is 6.07. The highest BCUT2D eigenvalue weighted by Crippen LogP contribution is 2.49. The molecule has 8 heteroatoms. The van der Waals surface area contributed by atoms with Crippen molar-refractivity contribution in [3.05, 3.63) is 35.4 Å². The molecule has 3 N–H and O–H groups in total. The van der Waals surface area contributed by atoms with Gasteiger partial charge in [0.2, 0.25) is 0 Å². The zero-order valence-electron chi connectivity index (χ0n) is 11.9. The second-order valence-corrected chi connectivity index (χ2v) is 5.90. The molecule has 1 aliphatic heterocycles. The Labute approximate surface area is 129 Å².